The number of nitrogens with one attached hydrogen (secondary N) is 1. The number of sulfonamides is 1. The van der Waals surface area contributed by atoms with Crippen molar-refractivity contribution in [2.75, 3.05) is 15.9 Å². The van der Waals surface area contributed by atoms with E-state index in [0.29, 0.717) is 11.1 Å². The number of hydrogen-bond acceptors (Lipinski definition) is 5. The van der Waals surface area contributed by atoms with E-state index in [9.17, 15) is 23.3 Å². The number of carbonyl (C=O) groups is 1. The number of nitrogens with zero attached hydrogens (tertiary/aromatic N) is 2. The molecular weight excluding hydrogens is 478 g/mol. The van der Waals surface area contributed by atoms with Gasteiger partial charge in [0.2, 0.25) is 10.0 Å². The fraction of sp³-hybridized carbons (Fsp3) is 0.148. The topological polar surface area (TPSA) is 110 Å². The summed E-state index contributed by atoms with van der Waals surface area (Å²) in [6, 6.07) is 22.2. The third kappa shape index (κ3) is 4.52. The van der Waals surface area contributed by atoms with Crippen LogP contribution in [0.2, 0.25) is 0 Å². The van der Waals surface area contributed by atoms with Crippen molar-refractivity contribution in [1.82, 2.24) is 0 Å². The first-order valence-corrected chi connectivity index (χ1v) is 13.2. The van der Waals surface area contributed by atoms with Gasteiger partial charge in [0.05, 0.1) is 23.4 Å². The zero-order valence-corrected chi connectivity index (χ0v) is 20.3. The van der Waals surface area contributed by atoms with Crippen LogP contribution in [0.4, 0.5) is 17.1 Å². The van der Waals surface area contributed by atoms with Crippen molar-refractivity contribution < 1.29 is 18.1 Å². The molecule has 0 unspecified atom stereocenters. The Hall–Kier alpha value is -4.24. The van der Waals surface area contributed by atoms with Crippen LogP contribution in [-0.4, -0.2) is 25.5 Å². The summed E-state index contributed by atoms with van der Waals surface area (Å²) in [5, 5.41) is 16.4. The molecule has 9 heteroatoms. The molecule has 0 spiro atoms. The number of benzene rings is 4. The molecule has 4 aromatic carbocycles. The van der Waals surface area contributed by atoms with E-state index < -0.39 is 14.9 Å². The Balaban J connectivity index is 1.36. The van der Waals surface area contributed by atoms with E-state index in [1.165, 1.54) is 40.8 Å². The minimum Gasteiger partial charge on any atom is -0.321 e. The quantitative estimate of drug-likeness (QED) is 0.281. The highest BCUT2D eigenvalue weighted by molar-refractivity contribution is 7.92. The summed E-state index contributed by atoms with van der Waals surface area (Å²) in [5.74, 6) is -0.265. The molecule has 182 valence electrons. The van der Waals surface area contributed by atoms with E-state index in [2.05, 4.69) is 17.4 Å². The Labute approximate surface area is 208 Å². The Morgan fingerprint density at radius 2 is 1.67 bits per heavy atom. The number of hydrogen-bond donors (Lipinski definition) is 1. The van der Waals surface area contributed by atoms with E-state index in [-0.39, 0.29) is 23.8 Å². The van der Waals surface area contributed by atoms with Crippen molar-refractivity contribution in [3.05, 3.63) is 111 Å². The fourth-order valence-corrected chi connectivity index (χ4v) is 5.52. The van der Waals surface area contributed by atoms with Gasteiger partial charge in [-0.15, -0.1) is 0 Å². The molecule has 4 aromatic rings. The van der Waals surface area contributed by atoms with Crippen molar-refractivity contribution >= 4 is 43.8 Å². The lowest BCUT2D eigenvalue weighted by Crippen LogP contribution is -2.29. The van der Waals surface area contributed by atoms with E-state index in [1.807, 2.05) is 18.2 Å². The largest absolute Gasteiger partial charge is 0.321 e. The predicted octanol–water partition coefficient (Wildman–Crippen LogP) is 5.07. The number of nitro benzene ring substituents is 1. The monoisotopic (exact) mass is 501 g/mol. The van der Waals surface area contributed by atoms with Gasteiger partial charge in [-0.1, -0.05) is 42.5 Å². The Morgan fingerprint density at radius 1 is 0.972 bits per heavy atom. The molecule has 0 saturated carbocycles. The summed E-state index contributed by atoms with van der Waals surface area (Å²) in [7, 11) is -3.72. The third-order valence-corrected chi connectivity index (χ3v) is 7.54. The van der Waals surface area contributed by atoms with Crippen LogP contribution in [0.3, 0.4) is 0 Å². The SMILES string of the molecule is CS(=O)(=O)N(Cc1ccc(C(=O)Nc2ccc3c4c(cccc24)CC3)cc1)c1cccc([N+](=O)[O-])c1. The van der Waals surface area contributed by atoms with Gasteiger partial charge in [-0.2, -0.15) is 0 Å². The first-order chi connectivity index (χ1) is 17.2. The molecule has 1 amide bonds. The van der Waals surface area contributed by atoms with Crippen LogP contribution in [0, 0.1) is 10.1 Å². The summed E-state index contributed by atoms with van der Waals surface area (Å²) in [6.45, 7) is -0.0310. The molecular formula is C27H23N3O5S. The standard InChI is InChI=1S/C27H23N3O5S/c1-36(34,35)29(22-5-3-6-23(16-22)30(32)33)17-18-8-10-21(11-9-18)27(31)28-25-15-14-20-13-12-19-4-2-7-24(25)26(19)20/h2-11,14-16H,12-13,17H2,1H3,(H,28,31). The number of carbonyl (C=O) groups excluding carboxylic acids is 1. The van der Waals surface area contributed by atoms with Gasteiger partial charge in [0, 0.05) is 28.8 Å². The number of amides is 1. The van der Waals surface area contributed by atoms with Crippen LogP contribution in [0.15, 0.2) is 78.9 Å². The fourth-order valence-electron chi connectivity index (χ4n) is 4.64. The average Bonchev–Trinajstić information content (AvgIpc) is 3.28. The van der Waals surface area contributed by atoms with E-state index in [4.69, 9.17) is 0 Å². The summed E-state index contributed by atoms with van der Waals surface area (Å²) in [5.41, 5.74) is 4.40. The zero-order valence-electron chi connectivity index (χ0n) is 19.5. The number of anilines is 2. The summed E-state index contributed by atoms with van der Waals surface area (Å²) >= 11 is 0. The van der Waals surface area contributed by atoms with Crippen molar-refractivity contribution in [3.63, 3.8) is 0 Å². The highest BCUT2D eigenvalue weighted by Crippen LogP contribution is 2.35. The lowest BCUT2D eigenvalue weighted by molar-refractivity contribution is -0.384. The number of rotatable bonds is 7. The molecule has 0 saturated heterocycles. The van der Waals surface area contributed by atoms with Gasteiger partial charge < -0.3 is 5.32 Å². The first-order valence-electron chi connectivity index (χ1n) is 11.4. The van der Waals surface area contributed by atoms with Crippen LogP contribution in [0.25, 0.3) is 10.8 Å². The summed E-state index contributed by atoms with van der Waals surface area (Å²) in [4.78, 5) is 23.5. The van der Waals surface area contributed by atoms with E-state index in [1.54, 1.807) is 24.3 Å². The maximum Gasteiger partial charge on any atom is 0.271 e. The lowest BCUT2D eigenvalue weighted by Gasteiger charge is -2.22. The molecule has 0 bridgehead atoms. The molecule has 0 aliphatic heterocycles. The number of non-ortho nitro benzene ring substituents is 1. The minimum absolute atomic E-state index is 0.0310. The van der Waals surface area contributed by atoms with E-state index in [0.717, 1.165) is 34.5 Å². The summed E-state index contributed by atoms with van der Waals surface area (Å²) < 4.78 is 26.0. The van der Waals surface area contributed by atoms with Gasteiger partial charge in [0.15, 0.2) is 0 Å². The predicted molar refractivity (Wildman–Crippen MR) is 140 cm³/mol. The molecule has 1 aliphatic rings. The molecule has 0 heterocycles. The maximum atomic E-state index is 13.0. The van der Waals surface area contributed by atoms with Crippen LogP contribution in [0.1, 0.15) is 27.0 Å². The lowest BCUT2D eigenvalue weighted by atomic mass is 10.0. The second-order valence-corrected chi connectivity index (χ2v) is 10.7. The van der Waals surface area contributed by atoms with Crippen LogP contribution in [0.5, 0.6) is 0 Å². The van der Waals surface area contributed by atoms with Gasteiger partial charge >= 0.3 is 0 Å². The third-order valence-electron chi connectivity index (χ3n) is 6.40. The molecule has 36 heavy (non-hydrogen) atoms. The van der Waals surface area contributed by atoms with Gasteiger partial charge in [-0.05, 0) is 59.2 Å². The highest BCUT2D eigenvalue weighted by atomic mass is 32.2. The van der Waals surface area contributed by atoms with Crippen LogP contribution < -0.4 is 9.62 Å². The molecule has 1 N–H and O–H groups in total. The van der Waals surface area contributed by atoms with Crippen molar-refractivity contribution in [2.45, 2.75) is 19.4 Å². The second-order valence-electron chi connectivity index (χ2n) is 8.81. The molecule has 1 aliphatic carbocycles. The van der Waals surface area contributed by atoms with Crippen LogP contribution in [-0.2, 0) is 29.4 Å². The van der Waals surface area contributed by atoms with Crippen molar-refractivity contribution in [2.24, 2.45) is 0 Å². The maximum absolute atomic E-state index is 13.0. The smallest absolute Gasteiger partial charge is 0.271 e. The Bertz CT molecular complexity index is 1600. The first kappa shape index (κ1) is 23.5. The Kier molecular flexibility index (Phi) is 5.93. The molecule has 8 nitrogen and oxygen atoms in total. The van der Waals surface area contributed by atoms with Crippen molar-refractivity contribution in [3.8, 4) is 0 Å². The zero-order chi connectivity index (χ0) is 25.4. The normalized spacial score (nSPS) is 12.5. The van der Waals surface area contributed by atoms with Gasteiger partial charge in [0.1, 0.15) is 0 Å². The molecule has 0 fully saturated rings. The molecule has 0 radical (unpaired) electrons. The average molecular weight is 502 g/mol. The molecule has 0 aromatic heterocycles. The Morgan fingerprint density at radius 3 is 2.36 bits per heavy atom. The van der Waals surface area contributed by atoms with Gasteiger partial charge in [-0.25, -0.2) is 8.42 Å². The van der Waals surface area contributed by atoms with E-state index >= 15 is 0 Å². The minimum atomic E-state index is -3.72. The van der Waals surface area contributed by atoms with Gasteiger partial charge in [0.25, 0.3) is 11.6 Å². The second kappa shape index (κ2) is 9.09. The van der Waals surface area contributed by atoms with Crippen LogP contribution >= 0.6 is 0 Å². The molecule has 0 atom stereocenters. The number of nitro groups is 1. The van der Waals surface area contributed by atoms with Crippen molar-refractivity contribution in [1.29, 1.82) is 0 Å². The van der Waals surface area contributed by atoms with Gasteiger partial charge in [-0.3, -0.25) is 19.2 Å². The summed E-state index contributed by atoms with van der Waals surface area (Å²) in [6.07, 6.45) is 3.06. The number of aryl methyl sites for hydroxylation is 2. The molecule has 5 rings (SSSR count). The highest BCUT2D eigenvalue weighted by Gasteiger charge is 2.21.